The van der Waals surface area contributed by atoms with Crippen LogP contribution < -0.4 is 10.5 Å². The maximum absolute atomic E-state index is 13.0. The molecule has 0 amide bonds. The second-order valence-corrected chi connectivity index (χ2v) is 5.20. The summed E-state index contributed by atoms with van der Waals surface area (Å²) in [6, 6.07) is 10.9. The van der Waals surface area contributed by atoms with Crippen LogP contribution in [0.3, 0.4) is 0 Å². The van der Waals surface area contributed by atoms with Gasteiger partial charge in [0.2, 0.25) is 0 Å². The van der Waals surface area contributed by atoms with E-state index in [-0.39, 0.29) is 17.9 Å². The van der Waals surface area contributed by atoms with Crippen molar-refractivity contribution in [2.45, 2.75) is 17.7 Å². The first kappa shape index (κ1) is 15.6. The summed E-state index contributed by atoms with van der Waals surface area (Å²) in [4.78, 5) is 0.876. The summed E-state index contributed by atoms with van der Waals surface area (Å²) >= 11 is 1.48. The molecule has 0 unspecified atom stereocenters. The van der Waals surface area contributed by atoms with Gasteiger partial charge in [-0.3, -0.25) is 0 Å². The predicted molar refractivity (Wildman–Crippen MR) is 78.4 cm³/mol. The third-order valence-electron chi connectivity index (χ3n) is 2.89. The molecule has 0 aliphatic carbocycles. The Balaban J connectivity index is 2.24. The first-order valence-corrected chi connectivity index (χ1v) is 7.35. The minimum atomic E-state index is -4.45. The van der Waals surface area contributed by atoms with Crippen LogP contribution in [0.2, 0.25) is 0 Å². The van der Waals surface area contributed by atoms with Crippen LogP contribution in [-0.2, 0) is 12.8 Å². The monoisotopic (exact) mass is 313 g/mol. The van der Waals surface area contributed by atoms with Gasteiger partial charge in [0.1, 0.15) is 12.4 Å². The Morgan fingerprint density at radius 2 is 1.86 bits per heavy atom. The number of ether oxygens (including phenoxy) is 1. The van der Waals surface area contributed by atoms with Gasteiger partial charge in [0, 0.05) is 16.1 Å². The Hall–Kier alpha value is -1.82. The lowest BCUT2D eigenvalue weighted by molar-refractivity contribution is -0.138. The molecule has 2 nitrogen and oxygen atoms in total. The number of hydrogen-bond donors (Lipinski definition) is 1. The molecule has 0 radical (unpaired) electrons. The van der Waals surface area contributed by atoms with Gasteiger partial charge in [-0.2, -0.15) is 13.2 Å². The van der Waals surface area contributed by atoms with E-state index in [1.807, 2.05) is 18.4 Å². The molecule has 2 rings (SSSR count). The normalized spacial score (nSPS) is 11.4. The summed E-state index contributed by atoms with van der Waals surface area (Å²) in [5, 5.41) is 0. The van der Waals surface area contributed by atoms with E-state index in [0.717, 1.165) is 11.0 Å². The van der Waals surface area contributed by atoms with Crippen LogP contribution in [0.5, 0.6) is 5.75 Å². The second kappa shape index (κ2) is 6.30. The van der Waals surface area contributed by atoms with E-state index >= 15 is 0 Å². The van der Waals surface area contributed by atoms with Crippen molar-refractivity contribution in [2.75, 3.05) is 12.0 Å². The van der Waals surface area contributed by atoms with Gasteiger partial charge in [-0.25, -0.2) is 0 Å². The van der Waals surface area contributed by atoms with Crippen LogP contribution >= 0.6 is 11.8 Å². The van der Waals surface area contributed by atoms with Crippen molar-refractivity contribution < 1.29 is 17.9 Å². The number of thioether (sulfide) groups is 1. The lowest BCUT2D eigenvalue weighted by atomic mass is 10.1. The molecule has 0 aliphatic heterocycles. The molecule has 0 aromatic heterocycles. The molecule has 0 fully saturated rings. The van der Waals surface area contributed by atoms with E-state index in [2.05, 4.69) is 0 Å². The van der Waals surface area contributed by atoms with Gasteiger partial charge in [0.15, 0.2) is 0 Å². The zero-order valence-corrected chi connectivity index (χ0v) is 12.1. The van der Waals surface area contributed by atoms with Crippen LogP contribution in [0.25, 0.3) is 0 Å². The largest absolute Gasteiger partial charge is 0.488 e. The summed E-state index contributed by atoms with van der Waals surface area (Å²) in [5.74, 6) is 0.565. The molecule has 0 saturated carbocycles. The molecule has 21 heavy (non-hydrogen) atoms. The van der Waals surface area contributed by atoms with Crippen LogP contribution in [0.1, 0.15) is 11.1 Å². The lowest BCUT2D eigenvalue weighted by Crippen LogP contribution is -2.11. The van der Waals surface area contributed by atoms with E-state index in [1.165, 1.54) is 23.9 Å². The van der Waals surface area contributed by atoms with Crippen molar-refractivity contribution in [3.63, 3.8) is 0 Å². The first-order valence-electron chi connectivity index (χ1n) is 6.13. The summed E-state index contributed by atoms with van der Waals surface area (Å²) in [6.07, 6.45) is -2.57. The van der Waals surface area contributed by atoms with Gasteiger partial charge in [0.25, 0.3) is 0 Å². The summed E-state index contributed by atoms with van der Waals surface area (Å²) < 4.78 is 44.5. The number of benzene rings is 2. The Morgan fingerprint density at radius 3 is 2.52 bits per heavy atom. The highest BCUT2D eigenvalue weighted by Gasteiger charge is 2.33. The Bertz CT molecular complexity index is 629. The highest BCUT2D eigenvalue weighted by molar-refractivity contribution is 7.98. The molecule has 0 aliphatic rings. The summed E-state index contributed by atoms with van der Waals surface area (Å²) in [7, 11) is 0. The third-order valence-corrected chi connectivity index (χ3v) is 3.67. The topological polar surface area (TPSA) is 35.2 Å². The van der Waals surface area contributed by atoms with Gasteiger partial charge in [-0.1, -0.05) is 18.2 Å². The zero-order valence-electron chi connectivity index (χ0n) is 11.3. The molecule has 112 valence electrons. The number of rotatable bonds is 4. The number of para-hydroxylation sites is 1. The standard InChI is InChI=1S/C15H14F3NOS/c1-21-14-5-3-2-4-13(14)20-9-10-6-7-11(19)8-12(10)15(16,17)18/h2-8H,9,19H2,1H3. The predicted octanol–water partition coefficient (Wildman–Crippen LogP) is 4.59. The average molecular weight is 313 g/mol. The minimum Gasteiger partial charge on any atom is -0.488 e. The SMILES string of the molecule is CSc1ccccc1OCc1ccc(N)cc1C(F)(F)F. The Kier molecular flexibility index (Phi) is 4.67. The third kappa shape index (κ3) is 3.85. The highest BCUT2D eigenvalue weighted by atomic mass is 32.2. The average Bonchev–Trinajstić information content (AvgIpc) is 2.45. The molecule has 0 saturated heterocycles. The number of halogens is 3. The number of hydrogen-bond acceptors (Lipinski definition) is 3. The number of anilines is 1. The van der Waals surface area contributed by atoms with Gasteiger partial charge in [0.05, 0.1) is 5.56 Å². The van der Waals surface area contributed by atoms with E-state index < -0.39 is 11.7 Å². The van der Waals surface area contributed by atoms with Crippen molar-refractivity contribution in [3.05, 3.63) is 53.6 Å². The van der Waals surface area contributed by atoms with Crippen molar-refractivity contribution >= 4 is 17.4 Å². The van der Waals surface area contributed by atoms with Gasteiger partial charge < -0.3 is 10.5 Å². The molecule has 0 spiro atoms. The first-order chi connectivity index (χ1) is 9.91. The molecular weight excluding hydrogens is 299 g/mol. The molecule has 2 N–H and O–H groups in total. The minimum absolute atomic E-state index is 0.0626. The van der Waals surface area contributed by atoms with Gasteiger partial charge in [-0.05, 0) is 30.5 Å². The van der Waals surface area contributed by atoms with Crippen molar-refractivity contribution in [3.8, 4) is 5.75 Å². The summed E-state index contributed by atoms with van der Waals surface area (Å²) in [6.45, 7) is -0.160. The van der Waals surface area contributed by atoms with Crippen LogP contribution in [0, 0.1) is 0 Å². The number of nitrogen functional groups attached to an aromatic ring is 1. The maximum atomic E-state index is 13.0. The number of alkyl halides is 3. The lowest BCUT2D eigenvalue weighted by Gasteiger charge is -2.15. The van der Waals surface area contributed by atoms with E-state index in [0.29, 0.717) is 5.75 Å². The van der Waals surface area contributed by atoms with Crippen LogP contribution in [-0.4, -0.2) is 6.26 Å². The molecule has 0 atom stereocenters. The van der Waals surface area contributed by atoms with Crippen molar-refractivity contribution in [1.29, 1.82) is 0 Å². The fraction of sp³-hybridized carbons (Fsp3) is 0.200. The van der Waals surface area contributed by atoms with Gasteiger partial charge in [-0.15, -0.1) is 11.8 Å². The number of nitrogens with two attached hydrogens (primary N) is 1. The second-order valence-electron chi connectivity index (χ2n) is 4.35. The van der Waals surface area contributed by atoms with Crippen molar-refractivity contribution in [2.24, 2.45) is 0 Å². The molecule has 2 aromatic rings. The van der Waals surface area contributed by atoms with Crippen LogP contribution in [0.15, 0.2) is 47.4 Å². The summed E-state index contributed by atoms with van der Waals surface area (Å²) in [5.41, 5.74) is 4.81. The van der Waals surface area contributed by atoms with Crippen molar-refractivity contribution in [1.82, 2.24) is 0 Å². The maximum Gasteiger partial charge on any atom is 0.416 e. The van der Waals surface area contributed by atoms with E-state index in [1.54, 1.807) is 12.1 Å². The molecule has 6 heteroatoms. The molecule has 0 bridgehead atoms. The fourth-order valence-electron chi connectivity index (χ4n) is 1.88. The quantitative estimate of drug-likeness (QED) is 0.662. The van der Waals surface area contributed by atoms with Crippen LogP contribution in [0.4, 0.5) is 18.9 Å². The highest BCUT2D eigenvalue weighted by Crippen LogP contribution is 2.34. The van der Waals surface area contributed by atoms with Gasteiger partial charge >= 0.3 is 6.18 Å². The Morgan fingerprint density at radius 1 is 1.14 bits per heavy atom. The molecular formula is C15H14F3NOS. The zero-order chi connectivity index (χ0) is 15.5. The molecule has 0 heterocycles. The Labute approximate surface area is 125 Å². The fourth-order valence-corrected chi connectivity index (χ4v) is 2.42. The van der Waals surface area contributed by atoms with E-state index in [4.69, 9.17) is 10.5 Å². The smallest absolute Gasteiger partial charge is 0.416 e. The molecule has 2 aromatic carbocycles. The van der Waals surface area contributed by atoms with E-state index in [9.17, 15) is 13.2 Å².